The molecule has 0 aromatic rings. The van der Waals surface area contributed by atoms with Crippen LogP contribution in [0.4, 0.5) is 8.78 Å². The second-order valence-electron chi connectivity index (χ2n) is 4.14. The van der Waals surface area contributed by atoms with E-state index >= 15 is 0 Å². The van der Waals surface area contributed by atoms with Crippen molar-refractivity contribution in [1.82, 2.24) is 4.90 Å². The van der Waals surface area contributed by atoms with Crippen molar-refractivity contribution in [3.8, 4) is 0 Å². The maximum Gasteiger partial charge on any atom is 0.263 e. The Labute approximate surface area is 70.7 Å². The highest BCUT2D eigenvalue weighted by Gasteiger charge is 2.55. The molecule has 0 radical (unpaired) electrons. The highest BCUT2D eigenvalue weighted by molar-refractivity contribution is 5.03. The Bertz CT molecular complexity index is 195. The van der Waals surface area contributed by atoms with Gasteiger partial charge in [0.15, 0.2) is 0 Å². The van der Waals surface area contributed by atoms with Gasteiger partial charge in [-0.05, 0) is 18.9 Å². The van der Waals surface area contributed by atoms with Crippen LogP contribution in [-0.2, 0) is 0 Å². The van der Waals surface area contributed by atoms with E-state index in [4.69, 9.17) is 5.73 Å². The minimum Gasteiger partial charge on any atom is -0.322 e. The largest absolute Gasteiger partial charge is 0.322 e. The average Bonchev–Trinajstić information content (AvgIpc) is 2.35. The molecule has 1 saturated heterocycles. The van der Waals surface area contributed by atoms with Gasteiger partial charge in [0.25, 0.3) is 5.92 Å². The van der Waals surface area contributed by atoms with Crippen molar-refractivity contribution in [2.75, 3.05) is 20.1 Å². The molecule has 4 heteroatoms. The molecule has 0 amide bonds. The topological polar surface area (TPSA) is 29.3 Å². The smallest absolute Gasteiger partial charge is 0.263 e. The Hall–Kier alpha value is -0.220. The van der Waals surface area contributed by atoms with Gasteiger partial charge >= 0.3 is 0 Å². The number of alkyl halides is 2. The molecule has 70 valence electrons. The van der Waals surface area contributed by atoms with Crippen LogP contribution in [0.25, 0.3) is 0 Å². The van der Waals surface area contributed by atoms with Crippen molar-refractivity contribution in [1.29, 1.82) is 0 Å². The third-order valence-corrected chi connectivity index (χ3v) is 3.16. The Morgan fingerprint density at radius 3 is 2.67 bits per heavy atom. The van der Waals surface area contributed by atoms with Gasteiger partial charge in [0, 0.05) is 19.5 Å². The van der Waals surface area contributed by atoms with Crippen LogP contribution in [0.1, 0.15) is 6.42 Å². The van der Waals surface area contributed by atoms with Crippen LogP contribution in [0.5, 0.6) is 0 Å². The monoisotopic (exact) mass is 176 g/mol. The van der Waals surface area contributed by atoms with E-state index in [2.05, 4.69) is 4.90 Å². The molecule has 1 aliphatic heterocycles. The molecule has 0 spiro atoms. The van der Waals surface area contributed by atoms with E-state index in [9.17, 15) is 8.78 Å². The van der Waals surface area contributed by atoms with Gasteiger partial charge in [-0.3, -0.25) is 0 Å². The number of nitrogens with two attached hydrogens (primary N) is 1. The molecule has 1 aliphatic carbocycles. The SMILES string of the molecule is CN1CC2CC(F)(F)C(N)C2C1. The molecule has 0 aromatic carbocycles. The maximum absolute atomic E-state index is 13.0. The van der Waals surface area contributed by atoms with Crippen molar-refractivity contribution in [2.45, 2.75) is 18.4 Å². The van der Waals surface area contributed by atoms with E-state index < -0.39 is 12.0 Å². The molecule has 2 rings (SSSR count). The molecular weight excluding hydrogens is 162 g/mol. The lowest BCUT2D eigenvalue weighted by atomic mass is 9.98. The molecule has 12 heavy (non-hydrogen) atoms. The molecule has 1 saturated carbocycles. The van der Waals surface area contributed by atoms with Crippen LogP contribution >= 0.6 is 0 Å². The summed E-state index contributed by atoms with van der Waals surface area (Å²) < 4.78 is 26.1. The Kier molecular flexibility index (Phi) is 1.67. The first kappa shape index (κ1) is 8.38. The Balaban J connectivity index is 2.14. The first-order valence-electron chi connectivity index (χ1n) is 4.32. The number of rotatable bonds is 0. The molecule has 3 atom stereocenters. The summed E-state index contributed by atoms with van der Waals surface area (Å²) in [5.74, 6) is -2.47. The van der Waals surface area contributed by atoms with E-state index in [0.29, 0.717) is 0 Å². The number of fused-ring (bicyclic) bond motifs is 1. The van der Waals surface area contributed by atoms with Crippen molar-refractivity contribution >= 4 is 0 Å². The fourth-order valence-electron chi connectivity index (χ4n) is 2.54. The molecule has 0 aromatic heterocycles. The summed E-state index contributed by atoms with van der Waals surface area (Å²) in [5.41, 5.74) is 5.48. The summed E-state index contributed by atoms with van der Waals surface area (Å²) in [5, 5.41) is 0. The minimum atomic E-state index is -2.61. The van der Waals surface area contributed by atoms with Crippen LogP contribution in [0.15, 0.2) is 0 Å². The third kappa shape index (κ3) is 1.05. The van der Waals surface area contributed by atoms with Crippen LogP contribution in [0, 0.1) is 11.8 Å². The molecule has 2 N–H and O–H groups in total. The van der Waals surface area contributed by atoms with Gasteiger partial charge in [0.2, 0.25) is 0 Å². The van der Waals surface area contributed by atoms with Gasteiger partial charge in [-0.25, -0.2) is 8.78 Å². The number of likely N-dealkylation sites (tertiary alicyclic amines) is 1. The zero-order chi connectivity index (χ0) is 8.93. The highest BCUT2D eigenvalue weighted by Crippen LogP contribution is 2.45. The van der Waals surface area contributed by atoms with E-state index in [-0.39, 0.29) is 18.3 Å². The predicted molar refractivity (Wildman–Crippen MR) is 42.0 cm³/mol. The van der Waals surface area contributed by atoms with E-state index in [0.717, 1.165) is 13.1 Å². The quantitative estimate of drug-likeness (QED) is 0.583. The number of hydrogen-bond acceptors (Lipinski definition) is 2. The summed E-state index contributed by atoms with van der Waals surface area (Å²) in [4.78, 5) is 2.09. The fourth-order valence-corrected chi connectivity index (χ4v) is 2.54. The molecule has 2 nitrogen and oxygen atoms in total. The average molecular weight is 176 g/mol. The molecule has 0 bridgehead atoms. The standard InChI is InChI=1S/C8H14F2N2/c1-12-3-5-2-8(9,10)7(11)6(5)4-12/h5-7H,2-4,11H2,1H3. The lowest BCUT2D eigenvalue weighted by Gasteiger charge is -2.20. The van der Waals surface area contributed by atoms with Gasteiger partial charge in [0.05, 0.1) is 6.04 Å². The lowest BCUT2D eigenvalue weighted by molar-refractivity contribution is -0.0181. The Morgan fingerprint density at radius 2 is 2.08 bits per heavy atom. The highest BCUT2D eigenvalue weighted by atomic mass is 19.3. The maximum atomic E-state index is 13.0. The zero-order valence-electron chi connectivity index (χ0n) is 7.13. The first-order valence-corrected chi connectivity index (χ1v) is 4.32. The number of nitrogens with zero attached hydrogens (tertiary/aromatic N) is 1. The lowest BCUT2D eigenvalue weighted by Crippen LogP contribution is -2.42. The van der Waals surface area contributed by atoms with Crippen molar-refractivity contribution < 1.29 is 8.78 Å². The van der Waals surface area contributed by atoms with Crippen molar-refractivity contribution in [3.63, 3.8) is 0 Å². The predicted octanol–water partition coefficient (Wildman–Crippen LogP) is 0.531. The van der Waals surface area contributed by atoms with Crippen LogP contribution in [0.3, 0.4) is 0 Å². The minimum absolute atomic E-state index is 0.0107. The second kappa shape index (κ2) is 2.39. The van der Waals surface area contributed by atoms with Crippen molar-refractivity contribution in [3.05, 3.63) is 0 Å². The van der Waals surface area contributed by atoms with Gasteiger partial charge in [-0.2, -0.15) is 0 Å². The van der Waals surface area contributed by atoms with E-state index in [1.165, 1.54) is 0 Å². The zero-order valence-corrected chi connectivity index (χ0v) is 7.13. The normalized spacial score (nSPS) is 46.5. The van der Waals surface area contributed by atoms with Gasteiger partial charge in [0.1, 0.15) is 0 Å². The molecule has 1 heterocycles. The first-order chi connectivity index (χ1) is 5.50. The molecule has 3 unspecified atom stereocenters. The number of hydrogen-bond donors (Lipinski definition) is 1. The van der Waals surface area contributed by atoms with Crippen LogP contribution in [-0.4, -0.2) is 37.0 Å². The summed E-state index contributed by atoms with van der Waals surface area (Å²) in [6, 6.07) is -0.910. The third-order valence-electron chi connectivity index (χ3n) is 3.16. The van der Waals surface area contributed by atoms with E-state index in [1.54, 1.807) is 0 Å². The van der Waals surface area contributed by atoms with Gasteiger partial charge < -0.3 is 10.6 Å². The fraction of sp³-hybridized carbons (Fsp3) is 1.00. The second-order valence-corrected chi connectivity index (χ2v) is 4.14. The van der Waals surface area contributed by atoms with Gasteiger partial charge in [-0.15, -0.1) is 0 Å². The van der Waals surface area contributed by atoms with E-state index in [1.807, 2.05) is 7.05 Å². The summed E-state index contributed by atoms with van der Waals surface area (Å²) in [6.07, 6.45) is -0.0107. The summed E-state index contributed by atoms with van der Waals surface area (Å²) in [7, 11) is 1.96. The Morgan fingerprint density at radius 1 is 1.42 bits per heavy atom. The summed E-state index contributed by atoms with van der Waals surface area (Å²) >= 11 is 0. The summed E-state index contributed by atoms with van der Waals surface area (Å²) in [6.45, 7) is 1.52. The van der Waals surface area contributed by atoms with Crippen LogP contribution < -0.4 is 5.73 Å². The molecule has 2 aliphatic rings. The van der Waals surface area contributed by atoms with Crippen LogP contribution in [0.2, 0.25) is 0 Å². The van der Waals surface area contributed by atoms with Crippen molar-refractivity contribution in [2.24, 2.45) is 17.6 Å². The molecular formula is C8H14F2N2. The number of halogens is 2. The molecule has 2 fully saturated rings. The van der Waals surface area contributed by atoms with Gasteiger partial charge in [-0.1, -0.05) is 0 Å².